The fourth-order valence-electron chi connectivity index (χ4n) is 2.71. The number of carbonyl (C=O) groups excluding carboxylic acids is 1. The van der Waals surface area contributed by atoms with E-state index in [0.717, 1.165) is 10.7 Å². The predicted octanol–water partition coefficient (Wildman–Crippen LogP) is 0.964. The van der Waals surface area contributed by atoms with Gasteiger partial charge in [0.2, 0.25) is 0 Å². The summed E-state index contributed by atoms with van der Waals surface area (Å²) < 4.78 is 13.8. The van der Waals surface area contributed by atoms with Gasteiger partial charge >= 0.3 is 6.03 Å². The average Bonchev–Trinajstić information content (AvgIpc) is 3.02. The molecule has 6 nitrogen and oxygen atoms in total. The van der Waals surface area contributed by atoms with Crippen LogP contribution in [0.25, 0.3) is 0 Å². The Balaban J connectivity index is 1.91. The number of aromatic nitrogens is 1. The summed E-state index contributed by atoms with van der Waals surface area (Å²) in [7, 11) is 1.72. The number of hydrogen-bond acceptors (Lipinski definition) is 5. The molecule has 3 N–H and O–H groups in total. The van der Waals surface area contributed by atoms with Gasteiger partial charge < -0.3 is 16.0 Å². The van der Waals surface area contributed by atoms with E-state index >= 15 is 0 Å². The lowest BCUT2D eigenvalue weighted by Crippen LogP contribution is -2.45. The molecule has 0 spiro atoms. The number of halogens is 1. The molecule has 1 aromatic rings. The Morgan fingerprint density at radius 3 is 3.09 bits per heavy atom. The van der Waals surface area contributed by atoms with Crippen LogP contribution in [0.5, 0.6) is 0 Å². The van der Waals surface area contributed by atoms with Crippen molar-refractivity contribution in [1.82, 2.24) is 20.1 Å². The van der Waals surface area contributed by atoms with Crippen LogP contribution in [0, 0.1) is 6.92 Å². The zero-order chi connectivity index (χ0) is 16.1. The second-order valence-corrected chi connectivity index (χ2v) is 6.74. The Morgan fingerprint density at radius 1 is 1.68 bits per heavy atom. The highest BCUT2D eigenvalue weighted by atomic mass is 32.1. The van der Waals surface area contributed by atoms with Crippen molar-refractivity contribution in [1.29, 1.82) is 0 Å². The molecule has 8 heteroatoms. The molecule has 2 atom stereocenters. The smallest absolute Gasteiger partial charge is 0.317 e. The van der Waals surface area contributed by atoms with E-state index in [1.54, 1.807) is 23.3 Å². The number of likely N-dealkylation sites (tertiary alicyclic amines) is 1. The highest BCUT2D eigenvalue weighted by Gasteiger charge is 2.33. The highest BCUT2D eigenvalue weighted by Crippen LogP contribution is 2.23. The Morgan fingerprint density at radius 2 is 2.45 bits per heavy atom. The van der Waals surface area contributed by atoms with Gasteiger partial charge in [-0.15, -0.1) is 11.3 Å². The molecule has 0 aromatic carbocycles. The molecule has 0 bridgehead atoms. The maximum Gasteiger partial charge on any atom is 0.317 e. The fourth-order valence-corrected chi connectivity index (χ4v) is 3.31. The maximum atomic E-state index is 13.8. The molecule has 2 amide bonds. The van der Waals surface area contributed by atoms with Crippen LogP contribution in [0.2, 0.25) is 0 Å². The number of rotatable bonds is 6. The lowest BCUT2D eigenvalue weighted by molar-refractivity contribution is 0.174. The van der Waals surface area contributed by atoms with Crippen LogP contribution in [0.15, 0.2) is 5.38 Å². The second kappa shape index (κ2) is 7.85. The molecule has 0 unspecified atom stereocenters. The van der Waals surface area contributed by atoms with Crippen LogP contribution >= 0.6 is 11.3 Å². The first kappa shape index (κ1) is 17.1. The van der Waals surface area contributed by atoms with Gasteiger partial charge in [-0.2, -0.15) is 0 Å². The molecule has 0 radical (unpaired) electrons. The van der Waals surface area contributed by atoms with Crippen LogP contribution in [0.4, 0.5) is 9.18 Å². The molecule has 2 heterocycles. The van der Waals surface area contributed by atoms with Crippen molar-refractivity contribution < 1.29 is 9.18 Å². The van der Waals surface area contributed by atoms with Crippen molar-refractivity contribution in [2.45, 2.75) is 32.1 Å². The van der Waals surface area contributed by atoms with E-state index in [-0.39, 0.29) is 12.1 Å². The molecule has 2 rings (SSSR count). The van der Waals surface area contributed by atoms with E-state index in [9.17, 15) is 9.18 Å². The molecule has 1 fully saturated rings. The van der Waals surface area contributed by atoms with Gasteiger partial charge in [-0.1, -0.05) is 0 Å². The maximum absolute atomic E-state index is 13.8. The summed E-state index contributed by atoms with van der Waals surface area (Å²) in [5.74, 6) is 0. The highest BCUT2D eigenvalue weighted by molar-refractivity contribution is 7.09. The van der Waals surface area contributed by atoms with Crippen LogP contribution in [0.3, 0.4) is 0 Å². The van der Waals surface area contributed by atoms with Gasteiger partial charge in [-0.25, -0.2) is 14.2 Å². The number of amides is 2. The molecule has 0 saturated carbocycles. The minimum Gasteiger partial charge on any atom is -0.337 e. The third-order valence-electron chi connectivity index (χ3n) is 3.76. The van der Waals surface area contributed by atoms with Crippen molar-refractivity contribution >= 4 is 17.4 Å². The monoisotopic (exact) mass is 329 g/mol. The predicted molar refractivity (Wildman–Crippen MR) is 85.6 cm³/mol. The summed E-state index contributed by atoms with van der Waals surface area (Å²) in [6.07, 6.45) is -0.386. The number of hydrogen-bond donors (Lipinski definition) is 2. The topological polar surface area (TPSA) is 74.5 Å². The molecular weight excluding hydrogens is 305 g/mol. The van der Waals surface area contributed by atoms with Crippen molar-refractivity contribution in [3.8, 4) is 0 Å². The van der Waals surface area contributed by atoms with E-state index in [4.69, 9.17) is 5.73 Å². The van der Waals surface area contributed by atoms with Gasteiger partial charge in [0.15, 0.2) is 0 Å². The van der Waals surface area contributed by atoms with Gasteiger partial charge in [-0.3, -0.25) is 4.90 Å². The van der Waals surface area contributed by atoms with E-state index in [0.29, 0.717) is 39.1 Å². The van der Waals surface area contributed by atoms with Crippen LogP contribution in [-0.2, 0) is 6.54 Å². The number of urea groups is 1. The first-order chi connectivity index (χ1) is 10.5. The summed E-state index contributed by atoms with van der Waals surface area (Å²) >= 11 is 1.60. The van der Waals surface area contributed by atoms with Gasteiger partial charge in [0, 0.05) is 51.2 Å². The molecule has 1 saturated heterocycles. The van der Waals surface area contributed by atoms with Gasteiger partial charge in [-0.05, 0) is 13.3 Å². The number of nitrogens with zero attached hydrogens (tertiary/aromatic N) is 3. The Bertz CT molecular complexity index is 497. The van der Waals surface area contributed by atoms with Crippen LogP contribution in [-0.4, -0.2) is 66.3 Å². The summed E-state index contributed by atoms with van der Waals surface area (Å²) in [5.41, 5.74) is 6.34. The summed E-state index contributed by atoms with van der Waals surface area (Å²) in [6, 6.07) is -0.150. The Labute approximate surface area is 134 Å². The summed E-state index contributed by atoms with van der Waals surface area (Å²) in [4.78, 5) is 20.0. The fraction of sp³-hybridized carbons (Fsp3) is 0.714. The van der Waals surface area contributed by atoms with Crippen molar-refractivity contribution in [3.63, 3.8) is 0 Å². The Hall–Kier alpha value is -1.25. The summed E-state index contributed by atoms with van der Waals surface area (Å²) in [6.45, 7) is 4.35. The van der Waals surface area contributed by atoms with Gasteiger partial charge in [0.1, 0.15) is 6.17 Å². The number of likely N-dealkylation sites (N-methyl/N-ethyl adjacent to an activating group) is 1. The minimum atomic E-state index is -0.842. The largest absolute Gasteiger partial charge is 0.337 e. The molecule has 124 valence electrons. The van der Waals surface area contributed by atoms with Gasteiger partial charge in [0.05, 0.1) is 10.7 Å². The molecule has 1 aromatic heterocycles. The van der Waals surface area contributed by atoms with Crippen LogP contribution < -0.4 is 11.1 Å². The first-order valence-corrected chi connectivity index (χ1v) is 8.35. The number of thiazole rings is 1. The second-order valence-electron chi connectivity index (χ2n) is 5.68. The number of aryl methyl sites for hydroxylation is 1. The molecule has 1 aliphatic heterocycles. The average molecular weight is 329 g/mol. The molecule has 0 aliphatic carbocycles. The van der Waals surface area contributed by atoms with Crippen molar-refractivity contribution in [3.05, 3.63) is 16.1 Å². The summed E-state index contributed by atoms with van der Waals surface area (Å²) in [5, 5.41) is 5.75. The number of carbonyl (C=O) groups is 1. The molecule has 1 aliphatic rings. The van der Waals surface area contributed by atoms with E-state index in [1.165, 1.54) is 0 Å². The lowest BCUT2D eigenvalue weighted by Gasteiger charge is -2.28. The SMILES string of the molecule is Cc1nc(CN2C[C@@H](F)C[C@H]2CN(C)C(=O)NCCN)cs1. The van der Waals surface area contributed by atoms with Gasteiger partial charge in [0.25, 0.3) is 0 Å². The molecule has 22 heavy (non-hydrogen) atoms. The quantitative estimate of drug-likeness (QED) is 0.815. The molecular formula is C14H24FN5OS. The number of nitrogens with two attached hydrogens (primary N) is 1. The zero-order valence-corrected chi connectivity index (χ0v) is 13.9. The van der Waals surface area contributed by atoms with Crippen molar-refractivity contribution in [2.24, 2.45) is 5.73 Å². The van der Waals surface area contributed by atoms with Crippen LogP contribution in [0.1, 0.15) is 17.1 Å². The normalized spacial score (nSPS) is 22.0. The minimum absolute atomic E-state index is 0.0191. The standard InChI is InChI=1S/C14H24FN5OS/c1-10-18-12(9-22-10)7-20-6-11(15)5-13(20)8-19(2)14(21)17-4-3-16/h9,11,13H,3-8,16H2,1-2H3,(H,17,21)/t11-,13-/m0/s1. The first-order valence-electron chi connectivity index (χ1n) is 7.47. The third-order valence-corrected chi connectivity index (χ3v) is 4.58. The van der Waals surface area contributed by atoms with Crippen molar-refractivity contribution in [2.75, 3.05) is 33.2 Å². The van der Waals surface area contributed by atoms with E-state index < -0.39 is 6.17 Å². The number of alkyl halides is 1. The van der Waals surface area contributed by atoms with E-state index in [2.05, 4.69) is 15.2 Å². The van der Waals surface area contributed by atoms with E-state index in [1.807, 2.05) is 12.3 Å². The zero-order valence-electron chi connectivity index (χ0n) is 13.1. The Kier molecular flexibility index (Phi) is 6.10. The third kappa shape index (κ3) is 4.62. The number of nitrogens with one attached hydrogen (secondary N) is 1. The lowest BCUT2D eigenvalue weighted by atomic mass is 10.2.